The molecule has 0 bridgehead atoms. The fraction of sp³-hybridized carbons (Fsp3) is 0.294. The molecule has 0 amide bonds. The van der Waals surface area contributed by atoms with E-state index in [0.29, 0.717) is 11.7 Å². The molecule has 21 heavy (non-hydrogen) atoms. The van der Waals surface area contributed by atoms with Gasteiger partial charge in [0.25, 0.3) is 0 Å². The van der Waals surface area contributed by atoms with Crippen molar-refractivity contribution < 1.29 is 4.74 Å². The Balaban J connectivity index is 1.88. The molecule has 3 N–H and O–H groups in total. The van der Waals surface area contributed by atoms with Crippen molar-refractivity contribution in [2.24, 2.45) is 0 Å². The van der Waals surface area contributed by atoms with Gasteiger partial charge in [0.2, 0.25) is 0 Å². The predicted molar refractivity (Wildman–Crippen MR) is 88.9 cm³/mol. The van der Waals surface area contributed by atoms with Crippen molar-refractivity contribution in [1.82, 2.24) is 5.32 Å². The van der Waals surface area contributed by atoms with E-state index in [2.05, 4.69) is 18.3 Å². The average molecular weight is 305 g/mol. The van der Waals surface area contributed by atoms with Gasteiger partial charge in [-0.05, 0) is 48.7 Å². The summed E-state index contributed by atoms with van der Waals surface area (Å²) < 4.78 is 5.17. The number of nitrogens with two attached hydrogens (primary N) is 1. The van der Waals surface area contributed by atoms with Gasteiger partial charge in [-0.1, -0.05) is 29.8 Å². The number of rotatable bonds is 6. The van der Waals surface area contributed by atoms with Gasteiger partial charge in [0, 0.05) is 17.6 Å². The van der Waals surface area contributed by atoms with Crippen molar-refractivity contribution in [3.63, 3.8) is 0 Å². The molecule has 0 aliphatic heterocycles. The van der Waals surface area contributed by atoms with Crippen LogP contribution < -0.4 is 15.8 Å². The smallest absolute Gasteiger partial charge is 0.141 e. The van der Waals surface area contributed by atoms with Crippen LogP contribution in [0.3, 0.4) is 0 Å². The summed E-state index contributed by atoms with van der Waals surface area (Å²) in [6, 6.07) is 14.2. The number of methoxy groups -OCH3 is 1. The second kappa shape index (κ2) is 7.34. The lowest BCUT2D eigenvalue weighted by molar-refractivity contribution is 0.416. The van der Waals surface area contributed by atoms with Crippen LogP contribution in [-0.2, 0) is 13.0 Å². The number of ether oxygens (including phenoxy) is 1. The Hall–Kier alpha value is -1.71. The number of halogens is 1. The predicted octanol–water partition coefficient (Wildman–Crippen LogP) is 3.65. The lowest BCUT2D eigenvalue weighted by Crippen LogP contribution is -2.27. The molecule has 2 aromatic carbocycles. The first kappa shape index (κ1) is 15.7. The number of nitrogen functional groups attached to an aromatic ring is 1. The molecule has 0 heterocycles. The average Bonchev–Trinajstić information content (AvgIpc) is 2.47. The zero-order valence-corrected chi connectivity index (χ0v) is 13.2. The second-order valence-electron chi connectivity index (χ2n) is 5.19. The number of nitrogens with one attached hydrogen (secondary N) is 1. The molecule has 0 saturated heterocycles. The Kier molecular flexibility index (Phi) is 5.48. The summed E-state index contributed by atoms with van der Waals surface area (Å²) in [6.45, 7) is 2.99. The maximum Gasteiger partial charge on any atom is 0.141 e. The normalized spacial score (nSPS) is 12.1. The van der Waals surface area contributed by atoms with Crippen LogP contribution in [0.1, 0.15) is 18.1 Å². The van der Waals surface area contributed by atoms with Gasteiger partial charge in [-0.3, -0.25) is 0 Å². The lowest BCUT2D eigenvalue weighted by Gasteiger charge is -2.15. The molecule has 0 aromatic heterocycles. The molecule has 2 aromatic rings. The molecule has 1 atom stereocenters. The van der Waals surface area contributed by atoms with E-state index >= 15 is 0 Å². The fourth-order valence-electron chi connectivity index (χ4n) is 2.23. The molecule has 0 spiro atoms. The van der Waals surface area contributed by atoms with E-state index in [4.69, 9.17) is 22.1 Å². The third kappa shape index (κ3) is 4.66. The first-order chi connectivity index (χ1) is 10.1. The standard InChI is InChI=1S/C17H21ClN2O/c1-12(20-11-13-3-6-15(18)7-4-13)9-14-5-8-17(21-2)16(19)10-14/h3-8,10,12,20H,9,11,19H2,1-2H3. The van der Waals surface area contributed by atoms with Gasteiger partial charge in [-0.2, -0.15) is 0 Å². The van der Waals surface area contributed by atoms with E-state index < -0.39 is 0 Å². The lowest BCUT2D eigenvalue weighted by atomic mass is 10.1. The molecule has 0 fully saturated rings. The van der Waals surface area contributed by atoms with Gasteiger partial charge in [0.05, 0.1) is 12.8 Å². The monoisotopic (exact) mass is 304 g/mol. The maximum absolute atomic E-state index is 5.93. The Bertz CT molecular complexity index is 584. The van der Waals surface area contributed by atoms with Crippen molar-refractivity contribution in [2.75, 3.05) is 12.8 Å². The second-order valence-corrected chi connectivity index (χ2v) is 5.63. The van der Waals surface area contributed by atoms with E-state index in [9.17, 15) is 0 Å². The highest BCUT2D eigenvalue weighted by Gasteiger charge is 2.06. The first-order valence-electron chi connectivity index (χ1n) is 6.98. The summed E-state index contributed by atoms with van der Waals surface area (Å²) in [6.07, 6.45) is 0.918. The van der Waals surface area contributed by atoms with E-state index in [1.807, 2.05) is 36.4 Å². The summed E-state index contributed by atoms with van der Waals surface area (Å²) >= 11 is 5.88. The Morgan fingerprint density at radius 2 is 1.81 bits per heavy atom. The summed E-state index contributed by atoms with van der Waals surface area (Å²) in [5.41, 5.74) is 9.03. The molecule has 0 aliphatic carbocycles. The third-order valence-electron chi connectivity index (χ3n) is 3.40. The highest BCUT2D eigenvalue weighted by molar-refractivity contribution is 6.30. The third-order valence-corrected chi connectivity index (χ3v) is 3.66. The van der Waals surface area contributed by atoms with Crippen molar-refractivity contribution in [3.8, 4) is 5.75 Å². The zero-order chi connectivity index (χ0) is 15.2. The van der Waals surface area contributed by atoms with Gasteiger partial charge in [0.15, 0.2) is 0 Å². The summed E-state index contributed by atoms with van der Waals surface area (Å²) in [4.78, 5) is 0. The van der Waals surface area contributed by atoms with Crippen LogP contribution in [0.4, 0.5) is 5.69 Å². The van der Waals surface area contributed by atoms with Crippen LogP contribution >= 0.6 is 11.6 Å². The molecular weight excluding hydrogens is 284 g/mol. The summed E-state index contributed by atoms with van der Waals surface area (Å²) in [7, 11) is 1.63. The Morgan fingerprint density at radius 3 is 2.43 bits per heavy atom. The van der Waals surface area contributed by atoms with Crippen LogP contribution in [0, 0.1) is 0 Å². The van der Waals surface area contributed by atoms with Gasteiger partial charge >= 0.3 is 0 Å². The minimum atomic E-state index is 0.355. The van der Waals surface area contributed by atoms with Gasteiger partial charge in [0.1, 0.15) is 5.75 Å². The van der Waals surface area contributed by atoms with E-state index in [0.717, 1.165) is 23.7 Å². The quantitative estimate of drug-likeness (QED) is 0.801. The first-order valence-corrected chi connectivity index (χ1v) is 7.36. The van der Waals surface area contributed by atoms with Crippen molar-refractivity contribution in [3.05, 3.63) is 58.6 Å². The van der Waals surface area contributed by atoms with E-state index in [-0.39, 0.29) is 0 Å². The van der Waals surface area contributed by atoms with Gasteiger partial charge < -0.3 is 15.8 Å². The summed E-state index contributed by atoms with van der Waals surface area (Å²) in [5, 5.41) is 4.26. The van der Waals surface area contributed by atoms with Crippen LogP contribution in [0.25, 0.3) is 0 Å². The van der Waals surface area contributed by atoms with Crippen LogP contribution in [0.2, 0.25) is 5.02 Å². The maximum atomic E-state index is 5.93. The number of hydrogen-bond donors (Lipinski definition) is 2. The molecule has 4 heteroatoms. The van der Waals surface area contributed by atoms with Gasteiger partial charge in [-0.15, -0.1) is 0 Å². The van der Waals surface area contributed by atoms with E-state index in [1.165, 1.54) is 11.1 Å². The Labute approximate surface area is 131 Å². The van der Waals surface area contributed by atoms with Gasteiger partial charge in [-0.25, -0.2) is 0 Å². The molecule has 3 nitrogen and oxygen atoms in total. The molecule has 1 unspecified atom stereocenters. The topological polar surface area (TPSA) is 47.3 Å². The van der Waals surface area contributed by atoms with Crippen molar-refractivity contribution >= 4 is 17.3 Å². The molecule has 2 rings (SSSR count). The SMILES string of the molecule is COc1ccc(CC(C)NCc2ccc(Cl)cc2)cc1N. The number of anilines is 1. The molecule has 0 radical (unpaired) electrons. The molecular formula is C17H21ClN2O. The van der Waals surface area contributed by atoms with Crippen molar-refractivity contribution in [1.29, 1.82) is 0 Å². The largest absolute Gasteiger partial charge is 0.495 e. The summed E-state index contributed by atoms with van der Waals surface area (Å²) in [5.74, 6) is 0.723. The zero-order valence-electron chi connectivity index (χ0n) is 12.4. The molecule has 0 aliphatic rings. The minimum absolute atomic E-state index is 0.355. The van der Waals surface area contributed by atoms with Crippen molar-refractivity contribution in [2.45, 2.75) is 25.9 Å². The van der Waals surface area contributed by atoms with Crippen LogP contribution in [0.5, 0.6) is 5.75 Å². The highest BCUT2D eigenvalue weighted by Crippen LogP contribution is 2.22. The molecule has 0 saturated carbocycles. The minimum Gasteiger partial charge on any atom is -0.495 e. The molecule has 112 valence electrons. The van der Waals surface area contributed by atoms with E-state index in [1.54, 1.807) is 7.11 Å². The highest BCUT2D eigenvalue weighted by atomic mass is 35.5. The van der Waals surface area contributed by atoms with Crippen LogP contribution in [0.15, 0.2) is 42.5 Å². The van der Waals surface area contributed by atoms with Crippen LogP contribution in [-0.4, -0.2) is 13.2 Å². The number of hydrogen-bond acceptors (Lipinski definition) is 3. The number of benzene rings is 2. The Morgan fingerprint density at radius 1 is 1.14 bits per heavy atom. The fourth-order valence-corrected chi connectivity index (χ4v) is 2.36.